The lowest BCUT2D eigenvalue weighted by atomic mass is 9.64. The van der Waals surface area contributed by atoms with E-state index in [1.165, 1.54) is 25.2 Å². The second-order valence-corrected chi connectivity index (χ2v) is 11.2. The van der Waals surface area contributed by atoms with E-state index in [1.807, 2.05) is 41.3 Å². The van der Waals surface area contributed by atoms with E-state index in [0.29, 0.717) is 13.2 Å². The number of anilines is 1. The summed E-state index contributed by atoms with van der Waals surface area (Å²) in [6, 6.07) is 16.2. The number of carbonyl (C=O) groups excluding carboxylic acids is 2. The van der Waals surface area contributed by atoms with Crippen molar-refractivity contribution in [2.24, 2.45) is 11.3 Å². The number of hydrogen-bond acceptors (Lipinski definition) is 5. The van der Waals surface area contributed by atoms with Crippen LogP contribution >= 0.6 is 0 Å². The van der Waals surface area contributed by atoms with E-state index < -0.39 is 5.97 Å². The van der Waals surface area contributed by atoms with Gasteiger partial charge in [0.05, 0.1) is 26.4 Å². The first kappa shape index (κ1) is 26.5. The Kier molecular flexibility index (Phi) is 7.89. The molecule has 4 aliphatic rings. The highest BCUT2D eigenvalue weighted by molar-refractivity contribution is 5.95. The fraction of sp³-hybridized carbons (Fsp3) is 0.500. The molecule has 38 heavy (non-hydrogen) atoms. The van der Waals surface area contributed by atoms with Gasteiger partial charge in [-0.2, -0.15) is 0 Å². The molecule has 2 heterocycles. The molecule has 2 aliphatic carbocycles. The maximum absolute atomic E-state index is 14.0. The number of nitrogens with zero attached hydrogens (tertiary/aromatic N) is 1. The van der Waals surface area contributed by atoms with Crippen LogP contribution in [0.5, 0.6) is 5.75 Å². The van der Waals surface area contributed by atoms with Crippen LogP contribution in [0.2, 0.25) is 0 Å². The van der Waals surface area contributed by atoms with Crippen LogP contribution in [-0.2, 0) is 24.7 Å². The van der Waals surface area contributed by atoms with E-state index in [9.17, 15) is 9.59 Å². The molecule has 0 spiro atoms. The van der Waals surface area contributed by atoms with Crippen LogP contribution in [0.4, 0.5) is 5.69 Å². The molecule has 6 nitrogen and oxygen atoms in total. The summed E-state index contributed by atoms with van der Waals surface area (Å²) in [5, 5.41) is 0. The van der Waals surface area contributed by atoms with Crippen molar-refractivity contribution < 1.29 is 23.8 Å². The minimum atomic E-state index is -0.397. The minimum absolute atomic E-state index is 0.0591. The molecule has 2 aromatic carbocycles. The standard InChI is InChI=1S/C32H39NO5/c1-36-28-14-12-26(13-15-28)32-19-17-31(18-20-32,23-38-32)22-33(30(35)25-8-4-3-5-9-25)27-10-6-7-24(21-27)11-16-29(34)37-2/h6-7,10-16,21,25H,3-5,8-9,17-20,22-23H2,1-2H3/b16-11+. The monoisotopic (exact) mass is 517 g/mol. The van der Waals surface area contributed by atoms with Crippen molar-refractivity contribution in [3.63, 3.8) is 0 Å². The van der Waals surface area contributed by atoms with E-state index in [-0.39, 0.29) is 22.8 Å². The smallest absolute Gasteiger partial charge is 0.330 e. The maximum Gasteiger partial charge on any atom is 0.330 e. The lowest BCUT2D eigenvalue weighted by Gasteiger charge is -2.54. The van der Waals surface area contributed by atoms with Gasteiger partial charge in [0, 0.05) is 29.6 Å². The molecule has 0 unspecified atom stereocenters. The van der Waals surface area contributed by atoms with Crippen molar-refractivity contribution in [1.82, 2.24) is 0 Å². The summed E-state index contributed by atoms with van der Waals surface area (Å²) in [6.07, 6.45) is 12.5. The Bertz CT molecular complexity index is 1140. The average Bonchev–Trinajstić information content (AvgIpc) is 3.00. The molecule has 2 aromatic rings. The number of carbonyl (C=O) groups is 2. The van der Waals surface area contributed by atoms with Crippen LogP contribution in [0.25, 0.3) is 6.08 Å². The summed E-state index contributed by atoms with van der Waals surface area (Å²) < 4.78 is 16.7. The van der Waals surface area contributed by atoms with Crippen molar-refractivity contribution in [1.29, 1.82) is 0 Å². The van der Waals surface area contributed by atoms with Gasteiger partial charge in [-0.15, -0.1) is 0 Å². The highest BCUT2D eigenvalue weighted by Crippen LogP contribution is 2.54. The lowest BCUT2D eigenvalue weighted by Crippen LogP contribution is -2.55. The first-order chi connectivity index (χ1) is 18.5. The molecule has 0 atom stereocenters. The van der Waals surface area contributed by atoms with Gasteiger partial charge in [-0.05, 0) is 80.0 Å². The number of methoxy groups -OCH3 is 2. The number of amides is 1. The first-order valence-corrected chi connectivity index (χ1v) is 13.9. The molecule has 2 saturated heterocycles. The maximum atomic E-state index is 14.0. The van der Waals surface area contributed by atoms with Crippen molar-refractivity contribution in [3.05, 3.63) is 65.7 Å². The molecule has 2 saturated carbocycles. The van der Waals surface area contributed by atoms with Crippen LogP contribution in [-0.4, -0.2) is 39.2 Å². The van der Waals surface area contributed by atoms with Gasteiger partial charge >= 0.3 is 5.97 Å². The SMILES string of the molecule is COC(=O)/C=C/c1cccc(N(CC23CCC(c4ccc(OC)cc4)(CC2)OC3)C(=O)C2CCCCC2)c1. The molecule has 6 rings (SSSR count). The topological polar surface area (TPSA) is 65.1 Å². The number of hydrogen-bond donors (Lipinski definition) is 0. The highest BCUT2D eigenvalue weighted by atomic mass is 16.5. The van der Waals surface area contributed by atoms with E-state index in [4.69, 9.17) is 14.2 Å². The fourth-order valence-corrected chi connectivity index (χ4v) is 6.47. The van der Waals surface area contributed by atoms with E-state index in [0.717, 1.165) is 68.4 Å². The molecule has 1 amide bonds. The van der Waals surface area contributed by atoms with Gasteiger partial charge in [-0.3, -0.25) is 4.79 Å². The predicted molar refractivity (Wildman–Crippen MR) is 148 cm³/mol. The summed E-state index contributed by atoms with van der Waals surface area (Å²) in [5.41, 5.74) is 2.67. The van der Waals surface area contributed by atoms with Gasteiger partial charge in [0.2, 0.25) is 5.91 Å². The largest absolute Gasteiger partial charge is 0.497 e. The minimum Gasteiger partial charge on any atom is -0.497 e. The molecule has 2 bridgehead atoms. The molecule has 2 aliphatic heterocycles. The van der Waals surface area contributed by atoms with Crippen LogP contribution in [0.15, 0.2) is 54.6 Å². The lowest BCUT2D eigenvalue weighted by molar-refractivity contribution is -0.186. The zero-order chi connectivity index (χ0) is 26.6. The number of rotatable bonds is 8. The van der Waals surface area contributed by atoms with E-state index in [1.54, 1.807) is 13.2 Å². The zero-order valence-electron chi connectivity index (χ0n) is 22.6. The van der Waals surface area contributed by atoms with Crippen molar-refractivity contribution in [2.75, 3.05) is 32.3 Å². The third-order valence-corrected chi connectivity index (χ3v) is 8.90. The molecule has 0 N–H and O–H groups in total. The second kappa shape index (κ2) is 11.3. The summed E-state index contributed by atoms with van der Waals surface area (Å²) in [7, 11) is 3.05. The van der Waals surface area contributed by atoms with E-state index >= 15 is 0 Å². The summed E-state index contributed by atoms with van der Waals surface area (Å²) in [5.74, 6) is 0.754. The molecule has 4 fully saturated rings. The Hall–Kier alpha value is -3.12. The summed E-state index contributed by atoms with van der Waals surface area (Å²) >= 11 is 0. The quantitative estimate of drug-likeness (QED) is 0.305. The second-order valence-electron chi connectivity index (χ2n) is 11.2. The first-order valence-electron chi connectivity index (χ1n) is 13.9. The Morgan fingerprint density at radius 3 is 2.37 bits per heavy atom. The van der Waals surface area contributed by atoms with Crippen molar-refractivity contribution in [2.45, 2.75) is 63.4 Å². The van der Waals surface area contributed by atoms with Crippen LogP contribution in [0.1, 0.15) is 68.9 Å². The molecular weight excluding hydrogens is 478 g/mol. The Balaban J connectivity index is 1.38. The van der Waals surface area contributed by atoms with Gasteiger partial charge in [0.15, 0.2) is 0 Å². The molecular formula is C32H39NO5. The number of fused-ring (bicyclic) bond motifs is 3. The molecule has 6 heteroatoms. The molecule has 0 radical (unpaired) electrons. The van der Waals surface area contributed by atoms with Gasteiger partial charge in [0.25, 0.3) is 0 Å². The Morgan fingerprint density at radius 1 is 1.00 bits per heavy atom. The predicted octanol–water partition coefficient (Wildman–Crippen LogP) is 6.28. The number of benzene rings is 2. The highest BCUT2D eigenvalue weighted by Gasteiger charge is 2.51. The van der Waals surface area contributed by atoms with Crippen molar-refractivity contribution in [3.8, 4) is 5.75 Å². The third-order valence-electron chi connectivity index (χ3n) is 8.90. The van der Waals surface area contributed by atoms with Crippen LogP contribution in [0, 0.1) is 11.3 Å². The number of ether oxygens (including phenoxy) is 3. The fourth-order valence-electron chi connectivity index (χ4n) is 6.47. The Labute approximate surface area is 226 Å². The summed E-state index contributed by atoms with van der Waals surface area (Å²) in [4.78, 5) is 27.7. The van der Waals surface area contributed by atoms with Gasteiger partial charge < -0.3 is 19.1 Å². The van der Waals surface area contributed by atoms with Gasteiger partial charge in [-0.25, -0.2) is 4.79 Å². The van der Waals surface area contributed by atoms with E-state index in [2.05, 4.69) is 12.1 Å². The summed E-state index contributed by atoms with van der Waals surface area (Å²) in [6.45, 7) is 1.31. The Morgan fingerprint density at radius 2 is 1.74 bits per heavy atom. The van der Waals surface area contributed by atoms with Gasteiger partial charge in [-0.1, -0.05) is 43.5 Å². The molecule has 0 aromatic heterocycles. The number of esters is 1. The third kappa shape index (κ3) is 5.51. The zero-order valence-corrected chi connectivity index (χ0v) is 22.6. The van der Waals surface area contributed by atoms with Gasteiger partial charge in [0.1, 0.15) is 5.75 Å². The average molecular weight is 518 g/mol. The van der Waals surface area contributed by atoms with Crippen molar-refractivity contribution >= 4 is 23.6 Å². The normalized spacial score (nSPS) is 25.3. The van der Waals surface area contributed by atoms with Crippen LogP contribution < -0.4 is 9.64 Å². The van der Waals surface area contributed by atoms with Crippen LogP contribution in [0.3, 0.4) is 0 Å². The molecule has 202 valence electrons.